The first-order valence-electron chi connectivity index (χ1n) is 14.3. The minimum atomic E-state index is -0.221. The first-order valence-corrected chi connectivity index (χ1v) is 15.1. The van der Waals surface area contributed by atoms with Crippen molar-refractivity contribution in [2.75, 3.05) is 37.4 Å². The number of methoxy groups -OCH3 is 1. The Balaban J connectivity index is 1.41. The minimum Gasteiger partial charge on any atom is -0.383 e. The molecule has 1 atom stereocenters. The second-order valence-corrected chi connectivity index (χ2v) is 12.2. The zero-order chi connectivity index (χ0) is 27.5. The molecule has 1 fully saturated rings. The fourth-order valence-corrected chi connectivity index (χ4v) is 7.19. The Hall–Kier alpha value is -2.76. The molecule has 0 bridgehead atoms. The van der Waals surface area contributed by atoms with Gasteiger partial charge in [0, 0.05) is 54.8 Å². The number of nitrogens with zero attached hydrogens (tertiary/aromatic N) is 5. The summed E-state index contributed by atoms with van der Waals surface area (Å²) in [5.41, 5.74) is 6.91. The number of primary amides is 1. The van der Waals surface area contributed by atoms with E-state index < -0.39 is 0 Å². The quantitative estimate of drug-likeness (QED) is 0.317. The van der Waals surface area contributed by atoms with Crippen molar-refractivity contribution in [3.8, 4) is 0 Å². The monoisotopic (exact) mass is 554 g/mol. The van der Waals surface area contributed by atoms with Crippen LogP contribution in [-0.2, 0) is 22.4 Å². The van der Waals surface area contributed by atoms with Crippen molar-refractivity contribution in [1.82, 2.24) is 24.6 Å². The molecule has 0 spiro atoms. The topological polar surface area (TPSA) is 123 Å². The number of hydrogen-bond acceptors (Lipinski definition) is 9. The number of carbonyl (C=O) groups is 1. The zero-order valence-corrected chi connectivity index (χ0v) is 24.4. The third-order valence-corrected chi connectivity index (χ3v) is 9.41. The van der Waals surface area contributed by atoms with E-state index in [9.17, 15) is 4.79 Å². The van der Waals surface area contributed by atoms with E-state index in [1.54, 1.807) is 18.4 Å². The van der Waals surface area contributed by atoms with Crippen molar-refractivity contribution in [2.24, 2.45) is 11.7 Å². The van der Waals surface area contributed by atoms with Crippen LogP contribution in [0.25, 0.3) is 10.2 Å². The van der Waals surface area contributed by atoms with Crippen LogP contribution in [0.3, 0.4) is 0 Å². The molecule has 2 aliphatic rings. The number of nitrogens with two attached hydrogens (primary N) is 1. The van der Waals surface area contributed by atoms with E-state index in [1.807, 2.05) is 16.9 Å². The Morgan fingerprint density at radius 1 is 1.26 bits per heavy atom. The zero-order valence-electron chi connectivity index (χ0n) is 23.6. The molecule has 1 saturated carbocycles. The van der Waals surface area contributed by atoms with Crippen LogP contribution in [0, 0.1) is 5.92 Å². The first-order chi connectivity index (χ1) is 18.9. The predicted octanol–water partition coefficient (Wildman–Crippen LogP) is 4.49. The number of thiophene rings is 1. The van der Waals surface area contributed by atoms with E-state index in [-0.39, 0.29) is 17.9 Å². The van der Waals surface area contributed by atoms with Crippen LogP contribution in [-0.4, -0.2) is 69.4 Å². The molecule has 0 unspecified atom stereocenters. The molecule has 1 amide bonds. The SMILES string of the molecule is CCN(CCOC)[C@H]1CC[C@H](Nc2nc(Nc3ccn(C(C)C)n3)nc3sc4c(c23)C[C@H](C(N)=O)CC4)CC1. The normalized spacial score (nSPS) is 21.4. The second kappa shape index (κ2) is 12.2. The number of amides is 1. The molecule has 0 aromatic carbocycles. The summed E-state index contributed by atoms with van der Waals surface area (Å²) >= 11 is 1.71. The van der Waals surface area contributed by atoms with E-state index >= 15 is 0 Å². The van der Waals surface area contributed by atoms with E-state index in [1.165, 1.54) is 10.4 Å². The minimum absolute atomic E-state index is 0.136. The highest BCUT2D eigenvalue weighted by molar-refractivity contribution is 7.19. The average Bonchev–Trinajstić information content (AvgIpc) is 3.54. The average molecular weight is 555 g/mol. The molecule has 4 N–H and O–H groups in total. The van der Waals surface area contributed by atoms with Gasteiger partial charge in [0.15, 0.2) is 5.82 Å². The molecule has 3 aromatic rings. The smallest absolute Gasteiger partial charge is 0.231 e. The Labute approximate surface area is 234 Å². The van der Waals surface area contributed by atoms with Gasteiger partial charge in [-0.1, -0.05) is 6.92 Å². The van der Waals surface area contributed by atoms with Crippen LogP contribution in [0.1, 0.15) is 69.4 Å². The van der Waals surface area contributed by atoms with Gasteiger partial charge in [-0.25, -0.2) is 4.98 Å². The van der Waals surface area contributed by atoms with Gasteiger partial charge in [0.05, 0.1) is 12.0 Å². The molecule has 39 heavy (non-hydrogen) atoms. The summed E-state index contributed by atoms with van der Waals surface area (Å²) in [6, 6.07) is 3.14. The Morgan fingerprint density at radius 3 is 2.72 bits per heavy atom. The van der Waals surface area contributed by atoms with Crippen molar-refractivity contribution in [3.05, 3.63) is 22.7 Å². The molecule has 0 saturated heterocycles. The van der Waals surface area contributed by atoms with Gasteiger partial charge in [-0.05, 0) is 70.9 Å². The molecule has 0 radical (unpaired) electrons. The number of nitrogens with one attached hydrogen (secondary N) is 2. The highest BCUT2D eigenvalue weighted by atomic mass is 32.1. The third-order valence-electron chi connectivity index (χ3n) is 8.23. The lowest BCUT2D eigenvalue weighted by Crippen LogP contribution is -2.42. The fourth-order valence-electron chi connectivity index (χ4n) is 5.97. The molecule has 212 valence electrons. The standard InChI is InChI=1S/C28H42N8O2S/c1-5-35(14-15-38-4)20-9-7-19(8-10-20)30-26-24-21-16-18(25(29)37)6-11-22(21)39-27(24)33-28(32-26)31-23-12-13-36(34-23)17(2)3/h12-13,17-20H,5-11,14-16H2,1-4H3,(H2,29,37)(H2,30,31,32,33,34)/t18-,19-,20-/m1/s1. The number of rotatable bonds is 11. The lowest BCUT2D eigenvalue weighted by molar-refractivity contribution is -0.122. The Morgan fingerprint density at radius 2 is 2.05 bits per heavy atom. The van der Waals surface area contributed by atoms with Gasteiger partial charge in [-0.2, -0.15) is 10.1 Å². The lowest BCUT2D eigenvalue weighted by atomic mass is 9.86. The maximum atomic E-state index is 12.1. The highest BCUT2D eigenvalue weighted by Crippen LogP contribution is 2.41. The number of anilines is 3. The van der Waals surface area contributed by atoms with Gasteiger partial charge in [-0.15, -0.1) is 11.3 Å². The van der Waals surface area contributed by atoms with Crippen LogP contribution >= 0.6 is 11.3 Å². The van der Waals surface area contributed by atoms with Gasteiger partial charge in [-0.3, -0.25) is 14.4 Å². The van der Waals surface area contributed by atoms with Crippen molar-refractivity contribution < 1.29 is 9.53 Å². The third kappa shape index (κ3) is 6.20. The molecule has 3 heterocycles. The van der Waals surface area contributed by atoms with Crippen LogP contribution in [0.2, 0.25) is 0 Å². The second-order valence-electron chi connectivity index (χ2n) is 11.1. The predicted molar refractivity (Wildman–Crippen MR) is 157 cm³/mol. The number of hydrogen-bond donors (Lipinski definition) is 3. The number of fused-ring (bicyclic) bond motifs is 3. The number of likely N-dealkylation sites (N-methyl/N-ethyl adjacent to an activating group) is 1. The van der Waals surface area contributed by atoms with Gasteiger partial charge in [0.25, 0.3) is 0 Å². The van der Waals surface area contributed by atoms with Crippen molar-refractivity contribution in [3.63, 3.8) is 0 Å². The molecule has 0 aliphatic heterocycles. The summed E-state index contributed by atoms with van der Waals surface area (Å²) in [6.07, 6.45) is 8.72. The molecule has 3 aromatic heterocycles. The summed E-state index contributed by atoms with van der Waals surface area (Å²) < 4.78 is 7.24. The number of aromatic nitrogens is 4. The van der Waals surface area contributed by atoms with Gasteiger partial charge in [0.2, 0.25) is 11.9 Å². The summed E-state index contributed by atoms with van der Waals surface area (Å²) in [5.74, 6) is 1.75. The van der Waals surface area contributed by atoms with Crippen LogP contribution in [0.4, 0.5) is 17.6 Å². The van der Waals surface area contributed by atoms with Gasteiger partial charge < -0.3 is 21.1 Å². The van der Waals surface area contributed by atoms with Crippen LogP contribution < -0.4 is 16.4 Å². The van der Waals surface area contributed by atoms with E-state index in [0.29, 0.717) is 24.5 Å². The molecular formula is C28H42N8O2S. The highest BCUT2D eigenvalue weighted by Gasteiger charge is 2.30. The largest absolute Gasteiger partial charge is 0.383 e. The molecule has 2 aliphatic carbocycles. The van der Waals surface area contributed by atoms with Crippen LogP contribution in [0.15, 0.2) is 12.3 Å². The summed E-state index contributed by atoms with van der Waals surface area (Å²) in [4.78, 5) is 26.7. The molecule has 5 rings (SSSR count). The molecular weight excluding hydrogens is 512 g/mol. The number of carbonyl (C=O) groups excluding carboxylic acids is 1. The lowest BCUT2D eigenvalue weighted by Gasteiger charge is -2.36. The van der Waals surface area contributed by atoms with Crippen molar-refractivity contribution in [2.45, 2.75) is 83.8 Å². The maximum Gasteiger partial charge on any atom is 0.231 e. The molecule has 11 heteroatoms. The summed E-state index contributed by atoms with van der Waals surface area (Å²) in [5, 5.41) is 12.8. The number of ether oxygens (including phenoxy) is 1. The fraction of sp³-hybridized carbons (Fsp3) is 0.643. The molecule has 10 nitrogen and oxygen atoms in total. The van der Waals surface area contributed by atoms with E-state index in [0.717, 1.165) is 80.1 Å². The Kier molecular flexibility index (Phi) is 8.68. The number of aryl methyl sites for hydroxylation is 1. The van der Waals surface area contributed by atoms with E-state index in [4.69, 9.17) is 20.4 Å². The van der Waals surface area contributed by atoms with E-state index in [2.05, 4.69) is 41.4 Å². The van der Waals surface area contributed by atoms with Crippen molar-refractivity contribution in [1.29, 1.82) is 0 Å². The Bertz CT molecular complexity index is 1280. The summed E-state index contributed by atoms with van der Waals surface area (Å²) in [7, 11) is 1.77. The summed E-state index contributed by atoms with van der Waals surface area (Å²) in [6.45, 7) is 9.22. The van der Waals surface area contributed by atoms with Gasteiger partial charge >= 0.3 is 0 Å². The first kappa shape index (κ1) is 27.8. The van der Waals surface area contributed by atoms with Gasteiger partial charge in [0.1, 0.15) is 10.6 Å². The van der Waals surface area contributed by atoms with Crippen LogP contribution in [0.5, 0.6) is 0 Å². The maximum absolute atomic E-state index is 12.1. The van der Waals surface area contributed by atoms with Crippen molar-refractivity contribution >= 4 is 45.0 Å².